The molecule has 0 aromatic heterocycles. The average Bonchev–Trinajstić information content (AvgIpc) is 2.57. The zero-order valence-corrected chi connectivity index (χ0v) is 13.8. The second kappa shape index (κ2) is 8.88. The molecule has 2 rings (SSSR count). The van der Waals surface area contributed by atoms with Gasteiger partial charge in [0, 0.05) is 5.69 Å². The zero-order valence-electron chi connectivity index (χ0n) is 13.8. The molecule has 0 heterocycles. The van der Waals surface area contributed by atoms with Gasteiger partial charge in [-0.2, -0.15) is 0 Å². The predicted octanol–water partition coefficient (Wildman–Crippen LogP) is 1.37. The number of methoxy groups -OCH3 is 1. The molecule has 2 N–H and O–H groups in total. The molecule has 0 radical (unpaired) electrons. The van der Waals surface area contributed by atoms with E-state index < -0.39 is 0 Å². The fourth-order valence-electron chi connectivity index (χ4n) is 2.12. The van der Waals surface area contributed by atoms with Gasteiger partial charge >= 0.3 is 0 Å². The first-order valence-corrected chi connectivity index (χ1v) is 7.70. The summed E-state index contributed by atoms with van der Waals surface area (Å²) in [6.45, 7) is 1.44. The minimum Gasteiger partial charge on any atom is -0.497 e. The van der Waals surface area contributed by atoms with Crippen molar-refractivity contribution in [3.63, 3.8) is 0 Å². The van der Waals surface area contributed by atoms with Crippen molar-refractivity contribution in [1.29, 1.82) is 0 Å². The highest BCUT2D eigenvalue weighted by Gasteiger charge is 2.10. The number of halogens is 1. The van der Waals surface area contributed by atoms with Crippen LogP contribution in [0.1, 0.15) is 0 Å². The van der Waals surface area contributed by atoms with Crippen LogP contribution in [0.15, 0.2) is 48.5 Å². The van der Waals surface area contributed by atoms with E-state index in [0.717, 1.165) is 16.3 Å². The molecule has 1 amide bonds. The first-order valence-electron chi connectivity index (χ1n) is 7.70. The minimum atomic E-state index is -0.291. The third-order valence-electron chi connectivity index (χ3n) is 3.45. The Labute approximate surface area is 141 Å². The number of nitrogens with one attached hydrogen (secondary N) is 2. The number of carbonyl (C=O) groups is 1. The van der Waals surface area contributed by atoms with Crippen LogP contribution in [0.25, 0.3) is 0 Å². The number of hydrogen-bond acceptors (Lipinski definition) is 3. The molecular formula is C18H22FN2O3+. The predicted molar refractivity (Wildman–Crippen MR) is 90.1 cm³/mol. The molecule has 1 atom stereocenters. The Morgan fingerprint density at radius 3 is 2.33 bits per heavy atom. The maximum absolute atomic E-state index is 12.8. The Hall–Kier alpha value is -2.60. The molecule has 0 fully saturated rings. The number of hydrogen-bond donors (Lipinski definition) is 2. The molecule has 0 saturated carbocycles. The smallest absolute Gasteiger partial charge is 0.279 e. The molecular weight excluding hydrogens is 311 g/mol. The molecule has 1 unspecified atom stereocenters. The molecule has 6 heteroatoms. The second-order valence-corrected chi connectivity index (χ2v) is 5.46. The largest absolute Gasteiger partial charge is 0.497 e. The van der Waals surface area contributed by atoms with Crippen molar-refractivity contribution >= 4 is 11.6 Å². The summed E-state index contributed by atoms with van der Waals surface area (Å²) in [5.74, 6) is 1.00. The summed E-state index contributed by atoms with van der Waals surface area (Å²) in [5.41, 5.74) is 0.733. The second-order valence-electron chi connectivity index (χ2n) is 5.46. The molecule has 2 aromatic carbocycles. The molecule has 0 aliphatic heterocycles. The number of carbonyl (C=O) groups excluding carboxylic acids is 1. The minimum absolute atomic E-state index is 0.0700. The molecule has 2 aromatic rings. The maximum atomic E-state index is 12.8. The van der Waals surface area contributed by atoms with Crippen molar-refractivity contribution in [2.45, 2.75) is 0 Å². The highest BCUT2D eigenvalue weighted by Crippen LogP contribution is 2.14. The number of benzene rings is 2. The summed E-state index contributed by atoms with van der Waals surface area (Å²) >= 11 is 0. The number of anilines is 1. The lowest BCUT2D eigenvalue weighted by molar-refractivity contribution is -0.871. The van der Waals surface area contributed by atoms with Gasteiger partial charge in [-0.3, -0.25) is 4.79 Å². The molecule has 24 heavy (non-hydrogen) atoms. The first kappa shape index (κ1) is 17.7. The number of amides is 1. The van der Waals surface area contributed by atoms with Crippen LogP contribution in [0.3, 0.4) is 0 Å². The monoisotopic (exact) mass is 333 g/mol. The lowest BCUT2D eigenvalue weighted by Crippen LogP contribution is -3.10. The SMILES string of the molecule is COc1ccc(NC(=O)C[NH+](C)CCOc2ccc(F)cc2)cc1. The van der Waals surface area contributed by atoms with Gasteiger partial charge in [-0.25, -0.2) is 4.39 Å². The summed E-state index contributed by atoms with van der Waals surface area (Å²) in [7, 11) is 3.52. The number of ether oxygens (including phenoxy) is 2. The Morgan fingerprint density at radius 2 is 1.71 bits per heavy atom. The molecule has 0 saturated heterocycles. The molecule has 0 aliphatic carbocycles. The van der Waals surface area contributed by atoms with Crippen LogP contribution < -0.4 is 19.7 Å². The van der Waals surface area contributed by atoms with E-state index in [0.29, 0.717) is 25.4 Å². The van der Waals surface area contributed by atoms with E-state index in [2.05, 4.69) is 5.32 Å². The van der Waals surface area contributed by atoms with Gasteiger partial charge in [0.2, 0.25) is 0 Å². The summed E-state index contributed by atoms with van der Waals surface area (Å²) < 4.78 is 23.4. The Balaban J connectivity index is 1.69. The summed E-state index contributed by atoms with van der Waals surface area (Å²) in [6.07, 6.45) is 0. The van der Waals surface area contributed by atoms with Gasteiger partial charge in [0.15, 0.2) is 6.54 Å². The van der Waals surface area contributed by atoms with Crippen LogP contribution in [-0.2, 0) is 4.79 Å². The van der Waals surface area contributed by atoms with E-state index in [1.165, 1.54) is 12.1 Å². The van der Waals surface area contributed by atoms with E-state index in [4.69, 9.17) is 9.47 Å². The number of rotatable bonds is 8. The van der Waals surface area contributed by atoms with E-state index in [9.17, 15) is 9.18 Å². The zero-order chi connectivity index (χ0) is 17.4. The third-order valence-corrected chi connectivity index (χ3v) is 3.45. The highest BCUT2D eigenvalue weighted by molar-refractivity contribution is 5.91. The fraction of sp³-hybridized carbons (Fsp3) is 0.278. The van der Waals surface area contributed by atoms with Gasteiger partial charge in [-0.1, -0.05) is 0 Å². The van der Waals surface area contributed by atoms with Crippen LogP contribution in [0, 0.1) is 5.82 Å². The average molecular weight is 333 g/mol. The van der Waals surface area contributed by atoms with Crippen LogP contribution in [-0.4, -0.2) is 39.8 Å². The molecule has 5 nitrogen and oxygen atoms in total. The first-order chi connectivity index (χ1) is 11.6. The maximum Gasteiger partial charge on any atom is 0.279 e. The van der Waals surface area contributed by atoms with Gasteiger partial charge < -0.3 is 19.7 Å². The number of likely N-dealkylation sites (N-methyl/N-ethyl adjacent to an activating group) is 1. The van der Waals surface area contributed by atoms with Crippen LogP contribution >= 0.6 is 0 Å². The summed E-state index contributed by atoms with van der Waals surface area (Å²) in [5, 5.41) is 2.84. The van der Waals surface area contributed by atoms with Crippen LogP contribution in [0.5, 0.6) is 11.5 Å². The Morgan fingerprint density at radius 1 is 1.08 bits per heavy atom. The molecule has 0 bridgehead atoms. The topological polar surface area (TPSA) is 52.0 Å². The van der Waals surface area contributed by atoms with Crippen LogP contribution in [0.2, 0.25) is 0 Å². The van der Waals surface area contributed by atoms with Gasteiger partial charge in [0.25, 0.3) is 5.91 Å². The molecule has 128 valence electrons. The number of quaternary nitrogens is 1. The van der Waals surface area contributed by atoms with E-state index in [1.807, 2.05) is 7.05 Å². The van der Waals surface area contributed by atoms with Crippen LogP contribution in [0.4, 0.5) is 10.1 Å². The lowest BCUT2D eigenvalue weighted by atomic mass is 10.3. The molecule has 0 spiro atoms. The van der Waals surface area contributed by atoms with Gasteiger partial charge in [-0.15, -0.1) is 0 Å². The molecule has 0 aliphatic rings. The highest BCUT2D eigenvalue weighted by atomic mass is 19.1. The van der Waals surface area contributed by atoms with E-state index in [1.54, 1.807) is 43.5 Å². The Bertz CT molecular complexity index is 644. The third kappa shape index (κ3) is 5.89. The Kier molecular flexibility index (Phi) is 6.57. The van der Waals surface area contributed by atoms with E-state index >= 15 is 0 Å². The normalized spacial score (nSPS) is 11.6. The van der Waals surface area contributed by atoms with Crippen molar-refractivity contribution < 1.29 is 23.6 Å². The summed E-state index contributed by atoms with van der Waals surface area (Å²) in [6, 6.07) is 13.1. The van der Waals surface area contributed by atoms with Crippen molar-refractivity contribution in [3.05, 3.63) is 54.3 Å². The summed E-state index contributed by atoms with van der Waals surface area (Å²) in [4.78, 5) is 13.0. The van der Waals surface area contributed by atoms with Crippen molar-refractivity contribution in [2.24, 2.45) is 0 Å². The fourth-order valence-corrected chi connectivity index (χ4v) is 2.12. The van der Waals surface area contributed by atoms with Crippen molar-refractivity contribution in [1.82, 2.24) is 0 Å². The van der Waals surface area contributed by atoms with E-state index in [-0.39, 0.29) is 11.7 Å². The van der Waals surface area contributed by atoms with Gasteiger partial charge in [0.05, 0.1) is 14.2 Å². The van der Waals surface area contributed by atoms with Crippen molar-refractivity contribution in [3.8, 4) is 11.5 Å². The lowest BCUT2D eigenvalue weighted by Gasteiger charge is -2.14. The standard InChI is InChI=1S/C18H21FN2O3/c1-21(11-12-24-17-7-3-14(19)4-8-17)13-18(22)20-15-5-9-16(23-2)10-6-15/h3-10H,11-13H2,1-2H3,(H,20,22)/p+1. The quantitative estimate of drug-likeness (QED) is 0.767. The van der Waals surface area contributed by atoms with Gasteiger partial charge in [0.1, 0.15) is 30.5 Å². The van der Waals surface area contributed by atoms with Crippen molar-refractivity contribution in [2.75, 3.05) is 39.2 Å². The van der Waals surface area contributed by atoms with Gasteiger partial charge in [-0.05, 0) is 48.5 Å².